The van der Waals surface area contributed by atoms with Gasteiger partial charge in [-0.1, -0.05) is 75.4 Å². The molecule has 3 aromatic carbocycles. The third-order valence-corrected chi connectivity index (χ3v) is 18.7. The minimum Gasteiger partial charge on any atom is -0.497 e. The van der Waals surface area contributed by atoms with E-state index in [1.165, 1.54) is 0 Å². The molecule has 360 valence electrons. The van der Waals surface area contributed by atoms with E-state index >= 15 is 0 Å². The molecule has 0 radical (unpaired) electrons. The van der Waals surface area contributed by atoms with Gasteiger partial charge in [-0.3, -0.25) is 14.3 Å². The van der Waals surface area contributed by atoms with Crippen LogP contribution < -0.4 is 15.0 Å². The maximum atomic E-state index is 13.6. The minimum atomic E-state index is -2.66. The molecular formula is C49H67N8O8PSi. The molecule has 1 aliphatic rings. The Morgan fingerprint density at radius 3 is 2.03 bits per heavy atom. The van der Waals surface area contributed by atoms with Crippen molar-refractivity contribution in [2.45, 2.75) is 115 Å². The van der Waals surface area contributed by atoms with Crippen LogP contribution in [0.4, 0.5) is 5.95 Å². The number of aliphatic imine (C=N–C) groups is 1. The molecule has 5 atom stereocenters. The molecule has 5 unspecified atom stereocenters. The lowest BCUT2D eigenvalue weighted by Crippen LogP contribution is -2.50. The summed E-state index contributed by atoms with van der Waals surface area (Å²) >= 11 is 0. The Balaban J connectivity index is 1.59. The summed E-state index contributed by atoms with van der Waals surface area (Å²) in [5.74, 6) is 1.49. The van der Waals surface area contributed by atoms with E-state index in [9.17, 15) is 10.1 Å². The van der Waals surface area contributed by atoms with Crippen molar-refractivity contribution in [1.82, 2.24) is 29.1 Å². The highest BCUT2D eigenvalue weighted by molar-refractivity contribution is 7.44. The van der Waals surface area contributed by atoms with Gasteiger partial charge in [0.15, 0.2) is 25.7 Å². The number of fused-ring (bicyclic) bond motifs is 1. The van der Waals surface area contributed by atoms with Crippen molar-refractivity contribution in [2.75, 3.05) is 41.5 Å². The number of nitrogens with zero attached hydrogens (tertiary/aromatic N) is 7. The average Bonchev–Trinajstić information content (AvgIpc) is 3.86. The maximum Gasteiger partial charge on any atom is 0.280 e. The monoisotopic (exact) mass is 954 g/mol. The van der Waals surface area contributed by atoms with E-state index in [1.807, 2.05) is 93.0 Å². The van der Waals surface area contributed by atoms with E-state index < -0.39 is 52.5 Å². The lowest BCUT2D eigenvalue weighted by atomic mass is 9.80. The quantitative estimate of drug-likeness (QED) is 0.0185. The van der Waals surface area contributed by atoms with Crippen LogP contribution in [0.25, 0.3) is 11.2 Å². The first kappa shape index (κ1) is 51.4. The molecule has 6 rings (SSSR count). The van der Waals surface area contributed by atoms with Gasteiger partial charge in [0.25, 0.3) is 14.1 Å². The van der Waals surface area contributed by atoms with Crippen LogP contribution >= 0.6 is 8.53 Å². The second kappa shape index (κ2) is 21.9. The standard InChI is InChI=1S/C49H67N8O8PSi/c1-33(2)57(34(3)4)66(62-29-17-28-50)64-42-40(30-61-49(35-18-15-14-16-19-35,36-20-24-38(59-10)25-21-36)37-22-26-39(60-11)27-23-37)63-46(43(42)65-67(12,13)48(5,6)7)56-32-51-41-44(56)53-47(54-45(41)58)52-31-55(8)9/h14-16,18-27,31-34,40,42-43,46H,17,29-30H2,1-13H3,(H,53,54,58). The van der Waals surface area contributed by atoms with Crippen molar-refractivity contribution in [1.29, 1.82) is 5.26 Å². The van der Waals surface area contributed by atoms with Crippen LogP contribution in [-0.4, -0.2) is 116 Å². The average molecular weight is 955 g/mol. The minimum absolute atomic E-state index is 0.00584. The van der Waals surface area contributed by atoms with Gasteiger partial charge in [0.05, 0.1) is 52.6 Å². The van der Waals surface area contributed by atoms with Crippen LogP contribution in [-0.2, 0) is 28.5 Å². The molecule has 1 aliphatic heterocycles. The predicted octanol–water partition coefficient (Wildman–Crippen LogP) is 9.32. The molecule has 67 heavy (non-hydrogen) atoms. The summed E-state index contributed by atoms with van der Waals surface area (Å²) < 4.78 is 51.4. The third-order valence-electron chi connectivity index (χ3n) is 12.1. The third kappa shape index (κ3) is 11.5. The Morgan fingerprint density at radius 1 is 0.925 bits per heavy atom. The molecule has 16 nitrogen and oxygen atoms in total. The molecular weight excluding hydrogens is 888 g/mol. The molecule has 18 heteroatoms. The second-order valence-corrected chi connectivity index (χ2v) is 24.9. The number of imidazole rings is 1. The fourth-order valence-corrected chi connectivity index (χ4v) is 10.9. The number of methoxy groups -OCH3 is 2. The molecule has 1 N–H and O–H groups in total. The normalized spacial score (nSPS) is 18.6. The zero-order chi connectivity index (χ0) is 48.7. The first-order valence-electron chi connectivity index (χ1n) is 22.6. The number of hydrogen-bond acceptors (Lipinski definition) is 13. The SMILES string of the molecule is COc1ccc(C(OCC2OC(n3cnc4c(=O)[nH]c(N=CN(C)C)nc43)C(O[Si](C)(C)C(C)(C)C)C2OP(OCCC#N)N(C(C)C)C(C)C)(c2ccccc2)c2ccc(OC)cc2)cc1. The Hall–Kier alpha value is -5.02. The van der Waals surface area contributed by atoms with Crippen molar-refractivity contribution in [3.63, 3.8) is 0 Å². The molecule has 2 aromatic heterocycles. The molecule has 0 aliphatic carbocycles. The van der Waals surface area contributed by atoms with Crippen LogP contribution in [0.5, 0.6) is 11.5 Å². The van der Waals surface area contributed by atoms with Gasteiger partial charge < -0.3 is 37.3 Å². The number of nitriles is 1. The molecule has 1 saturated heterocycles. The molecule has 3 heterocycles. The van der Waals surface area contributed by atoms with Crippen molar-refractivity contribution >= 4 is 40.3 Å². The van der Waals surface area contributed by atoms with E-state index in [1.54, 1.807) is 36.4 Å². The summed E-state index contributed by atoms with van der Waals surface area (Å²) in [4.78, 5) is 31.9. The molecule has 1 fully saturated rings. The number of H-pyrrole nitrogens is 1. The van der Waals surface area contributed by atoms with Gasteiger partial charge in [-0.15, -0.1) is 0 Å². The molecule has 0 bridgehead atoms. The van der Waals surface area contributed by atoms with E-state index in [4.69, 9.17) is 37.4 Å². The maximum absolute atomic E-state index is 13.6. The number of nitrogens with one attached hydrogen (secondary N) is 1. The van der Waals surface area contributed by atoms with E-state index in [-0.39, 0.29) is 53.9 Å². The van der Waals surface area contributed by atoms with Crippen LogP contribution in [0.2, 0.25) is 18.1 Å². The van der Waals surface area contributed by atoms with E-state index in [0.29, 0.717) is 11.5 Å². The topological polar surface area (TPSA) is 171 Å². The second-order valence-electron chi connectivity index (χ2n) is 18.8. The van der Waals surface area contributed by atoms with E-state index in [2.05, 4.69) is 87.3 Å². The van der Waals surface area contributed by atoms with Gasteiger partial charge in [0, 0.05) is 26.2 Å². The summed E-state index contributed by atoms with van der Waals surface area (Å²) in [5.41, 5.74) is 1.28. The van der Waals surface area contributed by atoms with Crippen LogP contribution in [0.15, 0.2) is 95.0 Å². The van der Waals surface area contributed by atoms with Crippen molar-refractivity contribution in [3.05, 3.63) is 112 Å². The van der Waals surface area contributed by atoms with Crippen LogP contribution in [0, 0.1) is 11.3 Å². The molecule has 5 aromatic rings. The Labute approximate surface area is 397 Å². The zero-order valence-electron chi connectivity index (χ0n) is 41.1. The van der Waals surface area contributed by atoms with Gasteiger partial charge in [-0.05, 0) is 86.8 Å². The summed E-state index contributed by atoms with van der Waals surface area (Å²) in [6.07, 6.45) is -0.0900. The highest BCUT2D eigenvalue weighted by Crippen LogP contribution is 2.53. The number of hydrogen-bond donors (Lipinski definition) is 1. The number of benzene rings is 3. The van der Waals surface area contributed by atoms with Gasteiger partial charge in [0.1, 0.15) is 35.4 Å². The lowest BCUT2D eigenvalue weighted by Gasteiger charge is -2.42. The smallest absolute Gasteiger partial charge is 0.280 e. The molecule has 0 amide bonds. The predicted molar refractivity (Wildman–Crippen MR) is 264 cm³/mol. The van der Waals surface area contributed by atoms with Crippen molar-refractivity contribution in [3.8, 4) is 17.6 Å². The zero-order valence-corrected chi connectivity index (χ0v) is 43.0. The Kier molecular flexibility index (Phi) is 16.8. The lowest BCUT2D eigenvalue weighted by molar-refractivity contribution is -0.0926. The summed E-state index contributed by atoms with van der Waals surface area (Å²) in [5, 5.41) is 9.39. The largest absolute Gasteiger partial charge is 0.497 e. The van der Waals surface area contributed by atoms with E-state index in [0.717, 1.165) is 16.7 Å². The summed E-state index contributed by atoms with van der Waals surface area (Å²) in [6, 6.07) is 28.0. The first-order valence-corrected chi connectivity index (χ1v) is 26.6. The highest BCUT2D eigenvalue weighted by Gasteiger charge is 2.54. The van der Waals surface area contributed by atoms with Gasteiger partial charge in [-0.25, -0.2) is 14.6 Å². The van der Waals surface area contributed by atoms with Gasteiger partial charge in [-0.2, -0.15) is 10.2 Å². The fraction of sp³-hybridized carbons (Fsp3) is 0.490. The van der Waals surface area contributed by atoms with Crippen LogP contribution in [0.1, 0.15) is 77.8 Å². The number of aromatic amines is 1. The Bertz CT molecular complexity index is 2450. The number of rotatable bonds is 21. The number of ether oxygens (including phenoxy) is 4. The number of aromatic nitrogens is 4. The molecule has 0 spiro atoms. The first-order chi connectivity index (χ1) is 31.8. The highest BCUT2D eigenvalue weighted by atomic mass is 31.2. The van der Waals surface area contributed by atoms with Crippen LogP contribution in [0.3, 0.4) is 0 Å². The fourth-order valence-electron chi connectivity index (χ4n) is 7.85. The van der Waals surface area contributed by atoms with Gasteiger partial charge >= 0.3 is 0 Å². The molecule has 0 saturated carbocycles. The van der Waals surface area contributed by atoms with Crippen molar-refractivity contribution < 1.29 is 32.4 Å². The van der Waals surface area contributed by atoms with Crippen molar-refractivity contribution in [2.24, 2.45) is 4.99 Å². The van der Waals surface area contributed by atoms with Gasteiger partial charge in [0.2, 0.25) is 5.95 Å². The summed E-state index contributed by atoms with van der Waals surface area (Å²) in [7, 11) is 2.45. The Morgan fingerprint density at radius 2 is 1.51 bits per heavy atom. The summed E-state index contributed by atoms with van der Waals surface area (Å²) in [6.45, 7) is 19.4.